The SMILES string of the molecule is Cc1ccoc1-c1noc(C2CCC(C(=O)O)O2)n1. The number of nitrogens with zero attached hydrogens (tertiary/aromatic N) is 2. The van der Waals surface area contributed by atoms with E-state index < -0.39 is 18.2 Å². The summed E-state index contributed by atoms with van der Waals surface area (Å²) in [5.74, 6) is 0.210. The normalized spacial score (nSPS) is 22.8. The van der Waals surface area contributed by atoms with Crippen molar-refractivity contribution in [2.75, 3.05) is 0 Å². The summed E-state index contributed by atoms with van der Waals surface area (Å²) in [5, 5.41) is 12.7. The average Bonchev–Trinajstić information content (AvgIpc) is 3.07. The third kappa shape index (κ3) is 2.12. The zero-order valence-electron chi connectivity index (χ0n) is 10.2. The third-order valence-corrected chi connectivity index (χ3v) is 3.08. The average molecular weight is 264 g/mol. The molecule has 0 aromatic carbocycles. The quantitative estimate of drug-likeness (QED) is 0.904. The van der Waals surface area contributed by atoms with Gasteiger partial charge in [0.1, 0.15) is 6.10 Å². The van der Waals surface area contributed by atoms with Crippen LogP contribution in [0.15, 0.2) is 21.3 Å². The largest absolute Gasteiger partial charge is 0.479 e. The van der Waals surface area contributed by atoms with E-state index in [9.17, 15) is 4.79 Å². The van der Waals surface area contributed by atoms with Gasteiger partial charge in [-0.05, 0) is 31.4 Å². The minimum absolute atomic E-state index is 0.287. The molecule has 1 fully saturated rings. The molecule has 0 aliphatic carbocycles. The first-order chi connectivity index (χ1) is 9.15. The second-order valence-corrected chi connectivity index (χ2v) is 4.42. The summed E-state index contributed by atoms with van der Waals surface area (Å²) in [5.41, 5.74) is 0.906. The number of aliphatic carboxylic acids is 1. The second kappa shape index (κ2) is 4.51. The Morgan fingerprint density at radius 2 is 2.32 bits per heavy atom. The Morgan fingerprint density at radius 1 is 1.47 bits per heavy atom. The Morgan fingerprint density at radius 3 is 2.95 bits per heavy atom. The first-order valence-electron chi connectivity index (χ1n) is 5.91. The maximum atomic E-state index is 10.8. The molecule has 3 heterocycles. The number of aromatic nitrogens is 2. The number of carboxylic acids is 1. The molecule has 1 aliphatic heterocycles. The van der Waals surface area contributed by atoms with Gasteiger partial charge in [-0.25, -0.2) is 4.79 Å². The lowest BCUT2D eigenvalue weighted by atomic mass is 10.2. The summed E-state index contributed by atoms with van der Waals surface area (Å²) in [6.07, 6.45) is 1.28. The Labute approximate surface area is 108 Å². The number of carbonyl (C=O) groups is 1. The highest BCUT2D eigenvalue weighted by Gasteiger charge is 2.35. The monoisotopic (exact) mass is 264 g/mol. The number of aryl methyl sites for hydroxylation is 1. The van der Waals surface area contributed by atoms with Crippen molar-refractivity contribution in [3.8, 4) is 11.6 Å². The lowest BCUT2D eigenvalue weighted by molar-refractivity contribution is -0.150. The molecular weight excluding hydrogens is 252 g/mol. The van der Waals surface area contributed by atoms with Gasteiger partial charge in [0.15, 0.2) is 11.9 Å². The molecule has 0 spiro atoms. The van der Waals surface area contributed by atoms with Crippen LogP contribution in [-0.4, -0.2) is 27.3 Å². The smallest absolute Gasteiger partial charge is 0.332 e. The van der Waals surface area contributed by atoms with Crippen molar-refractivity contribution in [2.45, 2.75) is 32.0 Å². The van der Waals surface area contributed by atoms with Crippen molar-refractivity contribution in [1.29, 1.82) is 0 Å². The molecule has 7 nitrogen and oxygen atoms in total. The molecule has 0 amide bonds. The molecule has 19 heavy (non-hydrogen) atoms. The van der Waals surface area contributed by atoms with Crippen molar-refractivity contribution in [3.05, 3.63) is 23.8 Å². The molecule has 0 bridgehead atoms. The summed E-state index contributed by atoms with van der Waals surface area (Å²) in [6, 6.07) is 1.80. The molecule has 2 unspecified atom stereocenters. The van der Waals surface area contributed by atoms with Gasteiger partial charge in [-0.2, -0.15) is 4.98 Å². The fraction of sp³-hybridized carbons (Fsp3) is 0.417. The fourth-order valence-electron chi connectivity index (χ4n) is 2.06. The van der Waals surface area contributed by atoms with Gasteiger partial charge in [-0.3, -0.25) is 0 Å². The van der Waals surface area contributed by atoms with Crippen molar-refractivity contribution in [3.63, 3.8) is 0 Å². The second-order valence-electron chi connectivity index (χ2n) is 4.42. The lowest BCUT2D eigenvalue weighted by Gasteiger charge is -2.05. The molecule has 100 valence electrons. The highest BCUT2D eigenvalue weighted by molar-refractivity contribution is 5.72. The van der Waals surface area contributed by atoms with E-state index in [0.29, 0.717) is 24.4 Å². The zero-order valence-corrected chi connectivity index (χ0v) is 10.2. The maximum Gasteiger partial charge on any atom is 0.332 e. The van der Waals surface area contributed by atoms with E-state index >= 15 is 0 Å². The Balaban J connectivity index is 1.79. The predicted molar refractivity (Wildman–Crippen MR) is 61.2 cm³/mol. The van der Waals surface area contributed by atoms with E-state index in [1.165, 1.54) is 0 Å². The molecule has 2 aromatic heterocycles. The molecule has 0 radical (unpaired) electrons. The number of ether oxygens (including phenoxy) is 1. The van der Waals surface area contributed by atoms with Crippen LogP contribution in [0.5, 0.6) is 0 Å². The molecule has 1 N–H and O–H groups in total. The van der Waals surface area contributed by atoms with Crippen molar-refractivity contribution in [1.82, 2.24) is 10.1 Å². The van der Waals surface area contributed by atoms with Crippen LogP contribution in [0.25, 0.3) is 11.6 Å². The highest BCUT2D eigenvalue weighted by Crippen LogP contribution is 2.33. The van der Waals surface area contributed by atoms with E-state index in [4.69, 9.17) is 18.8 Å². The number of hydrogen-bond donors (Lipinski definition) is 1. The molecule has 3 rings (SSSR count). The van der Waals surface area contributed by atoms with Crippen LogP contribution < -0.4 is 0 Å². The summed E-state index contributed by atoms with van der Waals surface area (Å²) < 4.78 is 15.7. The first-order valence-corrected chi connectivity index (χ1v) is 5.91. The minimum Gasteiger partial charge on any atom is -0.479 e. The van der Waals surface area contributed by atoms with Gasteiger partial charge in [0.25, 0.3) is 5.89 Å². The van der Waals surface area contributed by atoms with Crippen LogP contribution in [0.1, 0.15) is 30.4 Å². The van der Waals surface area contributed by atoms with Gasteiger partial charge in [0.05, 0.1) is 6.26 Å². The van der Waals surface area contributed by atoms with Crippen molar-refractivity contribution < 1.29 is 23.6 Å². The fourth-order valence-corrected chi connectivity index (χ4v) is 2.06. The Kier molecular flexibility index (Phi) is 2.83. The van der Waals surface area contributed by atoms with E-state index in [1.807, 2.05) is 6.92 Å². The number of hydrogen-bond acceptors (Lipinski definition) is 6. The van der Waals surface area contributed by atoms with E-state index in [-0.39, 0.29) is 5.89 Å². The van der Waals surface area contributed by atoms with Gasteiger partial charge in [-0.15, -0.1) is 0 Å². The Bertz CT molecular complexity index is 603. The van der Waals surface area contributed by atoms with Gasteiger partial charge in [0.2, 0.25) is 5.82 Å². The van der Waals surface area contributed by atoms with Crippen molar-refractivity contribution in [2.24, 2.45) is 0 Å². The third-order valence-electron chi connectivity index (χ3n) is 3.08. The number of carboxylic acid groups (broad SMARTS) is 1. The Hall–Kier alpha value is -2.15. The van der Waals surface area contributed by atoms with Gasteiger partial charge in [-0.1, -0.05) is 5.16 Å². The van der Waals surface area contributed by atoms with Crippen LogP contribution in [-0.2, 0) is 9.53 Å². The van der Waals surface area contributed by atoms with Crippen LogP contribution in [0.2, 0.25) is 0 Å². The van der Waals surface area contributed by atoms with E-state index in [2.05, 4.69) is 10.1 Å². The van der Waals surface area contributed by atoms with Crippen LogP contribution in [0, 0.1) is 6.92 Å². The molecule has 7 heteroatoms. The minimum atomic E-state index is -0.968. The zero-order chi connectivity index (χ0) is 13.4. The van der Waals surface area contributed by atoms with Crippen LogP contribution in [0.3, 0.4) is 0 Å². The number of rotatable bonds is 3. The van der Waals surface area contributed by atoms with Gasteiger partial charge in [0, 0.05) is 0 Å². The van der Waals surface area contributed by atoms with E-state index in [1.54, 1.807) is 12.3 Å². The topological polar surface area (TPSA) is 98.6 Å². The molecule has 1 saturated heterocycles. The molecule has 2 aromatic rings. The summed E-state index contributed by atoms with van der Waals surface area (Å²) in [7, 11) is 0. The maximum absolute atomic E-state index is 10.8. The first kappa shape index (κ1) is 11.9. The molecular formula is C12H12N2O5. The van der Waals surface area contributed by atoms with Crippen molar-refractivity contribution >= 4 is 5.97 Å². The molecule has 1 aliphatic rings. The standard InChI is InChI=1S/C12H12N2O5/c1-6-4-5-17-9(6)10-13-11(19-14-10)7-2-3-8(18-7)12(15)16/h4-5,7-8H,2-3H2,1H3,(H,15,16). The predicted octanol–water partition coefficient (Wildman–Crippen LogP) is 1.94. The summed E-state index contributed by atoms with van der Waals surface area (Å²) >= 11 is 0. The summed E-state index contributed by atoms with van der Waals surface area (Å²) in [6.45, 7) is 1.88. The van der Waals surface area contributed by atoms with Crippen LogP contribution >= 0.6 is 0 Å². The van der Waals surface area contributed by atoms with Gasteiger partial charge >= 0.3 is 5.97 Å². The van der Waals surface area contributed by atoms with Gasteiger partial charge < -0.3 is 18.8 Å². The van der Waals surface area contributed by atoms with Crippen LogP contribution in [0.4, 0.5) is 0 Å². The highest BCUT2D eigenvalue weighted by atomic mass is 16.6. The molecule has 0 saturated carbocycles. The van der Waals surface area contributed by atoms with E-state index in [0.717, 1.165) is 5.56 Å². The molecule has 2 atom stereocenters. The lowest BCUT2D eigenvalue weighted by Crippen LogP contribution is -2.18. The summed E-state index contributed by atoms with van der Waals surface area (Å²) in [4.78, 5) is 15.0. The number of furan rings is 1.